The second-order valence-corrected chi connectivity index (χ2v) is 6.71. The van der Waals surface area contributed by atoms with Crippen LogP contribution in [-0.4, -0.2) is 37.0 Å². The first-order chi connectivity index (χ1) is 12.7. The molecule has 2 aromatic carbocycles. The highest BCUT2D eigenvalue weighted by atomic mass is 16.6. The summed E-state index contributed by atoms with van der Waals surface area (Å²) in [4.78, 5) is 25.3. The highest BCUT2D eigenvalue weighted by Gasteiger charge is 2.27. The van der Waals surface area contributed by atoms with E-state index in [0.717, 1.165) is 0 Å². The Hall–Kier alpha value is -3.22. The van der Waals surface area contributed by atoms with Gasteiger partial charge in [-0.05, 0) is 57.2 Å². The Kier molecular flexibility index (Phi) is 5.95. The van der Waals surface area contributed by atoms with Crippen molar-refractivity contribution < 1.29 is 28.9 Å². The zero-order valence-corrected chi connectivity index (χ0v) is 16.0. The van der Waals surface area contributed by atoms with E-state index in [9.17, 15) is 9.59 Å². The van der Waals surface area contributed by atoms with E-state index in [0.29, 0.717) is 22.9 Å². The van der Waals surface area contributed by atoms with Crippen LogP contribution in [-0.2, 0) is 4.74 Å². The van der Waals surface area contributed by atoms with Gasteiger partial charge in [0.05, 0.1) is 31.2 Å². The molecule has 144 valence electrons. The molecular weight excluding hydrogens is 350 g/mol. The fourth-order valence-corrected chi connectivity index (χ4v) is 2.37. The normalized spacial score (nSPS) is 10.9. The number of hydrogen-bond acceptors (Lipinski definition) is 5. The van der Waals surface area contributed by atoms with Gasteiger partial charge in [-0.2, -0.15) is 0 Å². The lowest BCUT2D eigenvalue weighted by Gasteiger charge is -2.28. The fraction of sp³-hybridized carbons (Fsp3) is 0.300. The summed E-state index contributed by atoms with van der Waals surface area (Å²) in [5.74, 6) is -0.0733. The van der Waals surface area contributed by atoms with Gasteiger partial charge < -0.3 is 19.3 Å². The van der Waals surface area contributed by atoms with E-state index in [2.05, 4.69) is 0 Å². The smallest absolute Gasteiger partial charge is 0.419 e. The zero-order chi connectivity index (χ0) is 20.2. The molecule has 0 aliphatic carbocycles. The monoisotopic (exact) mass is 373 g/mol. The molecule has 0 saturated carbocycles. The summed E-state index contributed by atoms with van der Waals surface area (Å²) < 4.78 is 16.1. The van der Waals surface area contributed by atoms with Crippen molar-refractivity contribution >= 4 is 23.4 Å². The molecule has 7 nitrogen and oxygen atoms in total. The number of rotatable bonds is 5. The van der Waals surface area contributed by atoms with Crippen LogP contribution >= 0.6 is 0 Å². The van der Waals surface area contributed by atoms with Gasteiger partial charge in [-0.25, -0.2) is 14.5 Å². The molecule has 27 heavy (non-hydrogen) atoms. The van der Waals surface area contributed by atoms with Crippen molar-refractivity contribution in [1.29, 1.82) is 0 Å². The third kappa shape index (κ3) is 4.91. The summed E-state index contributed by atoms with van der Waals surface area (Å²) >= 11 is 0. The average molecular weight is 373 g/mol. The van der Waals surface area contributed by atoms with Gasteiger partial charge in [-0.15, -0.1) is 0 Å². The van der Waals surface area contributed by atoms with Crippen molar-refractivity contribution in [3.8, 4) is 11.5 Å². The van der Waals surface area contributed by atoms with Crippen LogP contribution in [0.3, 0.4) is 0 Å². The molecule has 0 aromatic heterocycles. The molecule has 7 heteroatoms. The molecule has 0 spiro atoms. The number of benzene rings is 2. The molecule has 0 aliphatic rings. The van der Waals surface area contributed by atoms with Crippen LogP contribution < -0.4 is 14.4 Å². The number of carboxylic acids is 1. The molecule has 0 atom stereocenters. The van der Waals surface area contributed by atoms with Crippen LogP contribution in [0.25, 0.3) is 0 Å². The minimum absolute atomic E-state index is 0.115. The number of aromatic carboxylic acids is 1. The molecule has 0 aliphatic heterocycles. The van der Waals surface area contributed by atoms with Gasteiger partial charge in [0, 0.05) is 6.07 Å². The molecule has 0 unspecified atom stereocenters. The van der Waals surface area contributed by atoms with Crippen LogP contribution in [0, 0.1) is 0 Å². The standard InChI is InChI=1S/C20H23NO6/c1-20(2,3)27-19(24)21(14-8-6-13(7-9-14)18(22)23)16-11-10-15(25-4)12-17(16)26-5/h6-12H,1-5H3,(H,22,23). The first kappa shape index (κ1) is 20.1. The second kappa shape index (κ2) is 7.99. The van der Waals surface area contributed by atoms with Crippen molar-refractivity contribution in [3.05, 3.63) is 48.0 Å². The van der Waals surface area contributed by atoms with Gasteiger partial charge in [0.2, 0.25) is 0 Å². The maximum atomic E-state index is 12.9. The molecule has 0 fully saturated rings. The molecule has 1 amide bonds. The molecule has 0 bridgehead atoms. The summed E-state index contributed by atoms with van der Waals surface area (Å²) in [6, 6.07) is 10.9. The van der Waals surface area contributed by atoms with Gasteiger partial charge in [0.1, 0.15) is 17.1 Å². The number of carboxylic acid groups (broad SMARTS) is 1. The van der Waals surface area contributed by atoms with E-state index >= 15 is 0 Å². The zero-order valence-electron chi connectivity index (χ0n) is 16.0. The van der Waals surface area contributed by atoms with Crippen molar-refractivity contribution in [1.82, 2.24) is 0 Å². The van der Waals surface area contributed by atoms with E-state index in [4.69, 9.17) is 19.3 Å². The molecule has 2 rings (SSSR count). The Balaban J connectivity index is 2.56. The Morgan fingerprint density at radius 2 is 1.59 bits per heavy atom. The molecule has 1 N–H and O–H groups in total. The highest BCUT2D eigenvalue weighted by Crippen LogP contribution is 2.37. The molecule has 0 heterocycles. The maximum Gasteiger partial charge on any atom is 0.419 e. The topological polar surface area (TPSA) is 85.3 Å². The van der Waals surface area contributed by atoms with E-state index in [1.165, 1.54) is 43.4 Å². The molecular formula is C20H23NO6. The largest absolute Gasteiger partial charge is 0.497 e. The number of ether oxygens (including phenoxy) is 3. The SMILES string of the molecule is COc1ccc(N(C(=O)OC(C)(C)C)c2ccc(C(=O)O)cc2)c(OC)c1. The lowest BCUT2D eigenvalue weighted by molar-refractivity contribution is 0.0597. The minimum atomic E-state index is -1.05. The van der Waals surface area contributed by atoms with Gasteiger partial charge >= 0.3 is 12.1 Å². The minimum Gasteiger partial charge on any atom is -0.497 e. The van der Waals surface area contributed by atoms with E-state index < -0.39 is 17.7 Å². The Bertz CT molecular complexity index is 823. The van der Waals surface area contributed by atoms with Gasteiger partial charge in [0.15, 0.2) is 0 Å². The average Bonchev–Trinajstić information content (AvgIpc) is 2.61. The van der Waals surface area contributed by atoms with Gasteiger partial charge in [0.25, 0.3) is 0 Å². The first-order valence-corrected chi connectivity index (χ1v) is 8.25. The fourth-order valence-electron chi connectivity index (χ4n) is 2.37. The second-order valence-electron chi connectivity index (χ2n) is 6.71. The number of anilines is 2. The summed E-state index contributed by atoms with van der Waals surface area (Å²) in [5.41, 5.74) is 0.286. The lowest BCUT2D eigenvalue weighted by Crippen LogP contribution is -2.34. The van der Waals surface area contributed by atoms with Gasteiger partial charge in [-0.1, -0.05) is 0 Å². The van der Waals surface area contributed by atoms with E-state index in [-0.39, 0.29) is 5.56 Å². The van der Waals surface area contributed by atoms with Crippen molar-refractivity contribution in [3.63, 3.8) is 0 Å². The van der Waals surface area contributed by atoms with Crippen LogP contribution in [0.1, 0.15) is 31.1 Å². The van der Waals surface area contributed by atoms with Crippen molar-refractivity contribution in [2.24, 2.45) is 0 Å². The third-order valence-electron chi connectivity index (χ3n) is 3.58. The van der Waals surface area contributed by atoms with Crippen molar-refractivity contribution in [2.75, 3.05) is 19.1 Å². The number of amides is 1. The lowest BCUT2D eigenvalue weighted by atomic mass is 10.1. The summed E-state index contributed by atoms with van der Waals surface area (Å²) in [5, 5.41) is 9.09. The predicted molar refractivity (Wildman–Crippen MR) is 101 cm³/mol. The summed E-state index contributed by atoms with van der Waals surface area (Å²) in [6.07, 6.45) is -0.617. The Morgan fingerprint density at radius 3 is 2.07 bits per heavy atom. The number of carbonyl (C=O) groups excluding carboxylic acids is 1. The summed E-state index contributed by atoms with van der Waals surface area (Å²) in [7, 11) is 3.02. The number of methoxy groups -OCH3 is 2. The van der Waals surface area contributed by atoms with Crippen LogP contribution in [0.15, 0.2) is 42.5 Å². The van der Waals surface area contributed by atoms with Crippen LogP contribution in [0.4, 0.5) is 16.2 Å². The number of carbonyl (C=O) groups is 2. The Labute approximate surface area is 158 Å². The van der Waals surface area contributed by atoms with Crippen LogP contribution in [0.5, 0.6) is 11.5 Å². The van der Waals surface area contributed by atoms with E-state index in [1.807, 2.05) is 0 Å². The van der Waals surface area contributed by atoms with Gasteiger partial charge in [-0.3, -0.25) is 0 Å². The first-order valence-electron chi connectivity index (χ1n) is 8.25. The molecule has 0 radical (unpaired) electrons. The molecule has 2 aromatic rings. The highest BCUT2D eigenvalue weighted by molar-refractivity contribution is 5.98. The predicted octanol–water partition coefficient (Wildman–Crippen LogP) is 4.48. The maximum absolute atomic E-state index is 12.9. The third-order valence-corrected chi connectivity index (χ3v) is 3.58. The molecule has 0 saturated heterocycles. The van der Waals surface area contributed by atoms with Crippen LogP contribution in [0.2, 0.25) is 0 Å². The Morgan fingerprint density at radius 1 is 0.963 bits per heavy atom. The van der Waals surface area contributed by atoms with E-state index in [1.54, 1.807) is 39.0 Å². The number of hydrogen-bond donors (Lipinski definition) is 1. The quantitative estimate of drug-likeness (QED) is 0.832. The summed E-state index contributed by atoms with van der Waals surface area (Å²) in [6.45, 7) is 5.30. The van der Waals surface area contributed by atoms with Crippen molar-refractivity contribution in [2.45, 2.75) is 26.4 Å². The number of nitrogens with zero attached hydrogens (tertiary/aromatic N) is 1.